The fraction of sp³-hybridized carbons (Fsp3) is 0.417. The maximum absolute atomic E-state index is 13.1. The third kappa shape index (κ3) is 4.06. The summed E-state index contributed by atoms with van der Waals surface area (Å²) in [6.45, 7) is 5.96. The van der Waals surface area contributed by atoms with Crippen molar-refractivity contribution in [2.75, 3.05) is 33.3 Å². The number of likely N-dealkylation sites (tertiary alicyclic amines) is 1. The van der Waals surface area contributed by atoms with E-state index >= 15 is 0 Å². The molecule has 1 atom stereocenters. The van der Waals surface area contributed by atoms with Crippen LogP contribution in [0.25, 0.3) is 11.1 Å². The fourth-order valence-electron chi connectivity index (χ4n) is 4.40. The van der Waals surface area contributed by atoms with Gasteiger partial charge in [0.25, 0.3) is 5.91 Å². The molecule has 0 aromatic heterocycles. The van der Waals surface area contributed by atoms with Gasteiger partial charge in [-0.2, -0.15) is 0 Å². The zero-order chi connectivity index (χ0) is 20.4. The van der Waals surface area contributed by atoms with Crippen molar-refractivity contribution in [2.45, 2.75) is 32.2 Å². The van der Waals surface area contributed by atoms with E-state index in [1.807, 2.05) is 23.1 Å². The summed E-state index contributed by atoms with van der Waals surface area (Å²) >= 11 is 0. The van der Waals surface area contributed by atoms with Crippen LogP contribution in [0.15, 0.2) is 42.5 Å². The summed E-state index contributed by atoms with van der Waals surface area (Å²) in [5.41, 5.74) is 4.42. The molecule has 2 heterocycles. The molecule has 0 N–H and O–H groups in total. The van der Waals surface area contributed by atoms with Crippen LogP contribution in [0.1, 0.15) is 46.0 Å². The van der Waals surface area contributed by atoms with Crippen molar-refractivity contribution in [3.05, 3.63) is 59.2 Å². The Morgan fingerprint density at radius 3 is 2.52 bits per heavy atom. The van der Waals surface area contributed by atoms with Crippen LogP contribution in [-0.2, 0) is 11.2 Å². The van der Waals surface area contributed by atoms with Crippen molar-refractivity contribution < 1.29 is 14.3 Å². The minimum absolute atomic E-state index is 0.131. The molecule has 1 unspecified atom stereocenters. The summed E-state index contributed by atoms with van der Waals surface area (Å²) in [6, 6.07) is 14.0. The molecule has 0 aliphatic carbocycles. The molecule has 1 saturated heterocycles. The van der Waals surface area contributed by atoms with E-state index in [2.05, 4.69) is 24.0 Å². The number of methoxy groups -OCH3 is 1. The van der Waals surface area contributed by atoms with E-state index in [-0.39, 0.29) is 11.9 Å². The summed E-state index contributed by atoms with van der Waals surface area (Å²) in [5.74, 6) is -0.216. The van der Waals surface area contributed by atoms with Gasteiger partial charge in [-0.05, 0) is 67.6 Å². The number of carbonyl (C=O) groups excluding carboxylic acids is 2. The SMILES string of the molecule is COC(=O)c1ccc(-c2ccc3c(c2)C(=O)N(CCN2CCCC2C)CC3)cc1. The Hall–Kier alpha value is -2.66. The standard InChI is InChI=1S/C24H28N2O3/c1-17-4-3-12-25(17)14-15-26-13-11-19-7-10-21(16-22(19)23(26)27)18-5-8-20(9-6-18)24(28)29-2/h5-10,16-17H,3-4,11-15H2,1-2H3. The maximum Gasteiger partial charge on any atom is 0.337 e. The molecule has 4 rings (SSSR count). The summed E-state index contributed by atoms with van der Waals surface area (Å²) in [4.78, 5) is 29.2. The van der Waals surface area contributed by atoms with E-state index in [4.69, 9.17) is 4.74 Å². The van der Waals surface area contributed by atoms with E-state index in [1.54, 1.807) is 12.1 Å². The fourth-order valence-corrected chi connectivity index (χ4v) is 4.40. The average molecular weight is 392 g/mol. The predicted octanol–water partition coefficient (Wildman–Crippen LogP) is 3.62. The molecule has 2 aliphatic heterocycles. The molecule has 1 amide bonds. The highest BCUT2D eigenvalue weighted by Gasteiger charge is 2.26. The molecule has 5 heteroatoms. The summed E-state index contributed by atoms with van der Waals surface area (Å²) in [6.07, 6.45) is 3.42. The monoisotopic (exact) mass is 392 g/mol. The van der Waals surface area contributed by atoms with E-state index in [9.17, 15) is 9.59 Å². The van der Waals surface area contributed by atoms with Crippen LogP contribution >= 0.6 is 0 Å². The van der Waals surface area contributed by atoms with Gasteiger partial charge in [0.1, 0.15) is 0 Å². The van der Waals surface area contributed by atoms with E-state index in [1.165, 1.54) is 20.0 Å². The first-order valence-corrected chi connectivity index (χ1v) is 10.4. The number of fused-ring (bicyclic) bond motifs is 1. The average Bonchev–Trinajstić information content (AvgIpc) is 3.17. The maximum atomic E-state index is 13.1. The molecule has 2 aromatic rings. The predicted molar refractivity (Wildman–Crippen MR) is 113 cm³/mol. The second-order valence-electron chi connectivity index (χ2n) is 8.01. The van der Waals surface area contributed by atoms with Crippen molar-refractivity contribution in [1.29, 1.82) is 0 Å². The van der Waals surface area contributed by atoms with E-state index in [0.717, 1.165) is 54.9 Å². The highest BCUT2D eigenvalue weighted by molar-refractivity contribution is 5.98. The minimum Gasteiger partial charge on any atom is -0.465 e. The Bertz CT molecular complexity index is 907. The smallest absolute Gasteiger partial charge is 0.337 e. The van der Waals surface area contributed by atoms with Crippen molar-refractivity contribution >= 4 is 11.9 Å². The van der Waals surface area contributed by atoms with Gasteiger partial charge in [0.15, 0.2) is 0 Å². The Kier molecular flexibility index (Phi) is 5.67. The van der Waals surface area contributed by atoms with Crippen molar-refractivity contribution in [1.82, 2.24) is 9.80 Å². The van der Waals surface area contributed by atoms with Gasteiger partial charge < -0.3 is 9.64 Å². The molecule has 0 saturated carbocycles. The third-order valence-electron chi connectivity index (χ3n) is 6.27. The largest absolute Gasteiger partial charge is 0.465 e. The number of hydrogen-bond donors (Lipinski definition) is 0. The zero-order valence-electron chi connectivity index (χ0n) is 17.2. The van der Waals surface area contributed by atoms with Gasteiger partial charge in [0.05, 0.1) is 12.7 Å². The number of amides is 1. The number of hydrogen-bond acceptors (Lipinski definition) is 4. The Labute approximate surface area is 172 Å². The summed E-state index contributed by atoms with van der Waals surface area (Å²) in [7, 11) is 1.38. The lowest BCUT2D eigenvalue weighted by Gasteiger charge is -2.31. The van der Waals surface area contributed by atoms with Gasteiger partial charge in [-0.3, -0.25) is 9.69 Å². The number of carbonyl (C=O) groups is 2. The van der Waals surface area contributed by atoms with Crippen LogP contribution in [-0.4, -0.2) is 61.0 Å². The Morgan fingerprint density at radius 1 is 1.07 bits per heavy atom. The van der Waals surface area contributed by atoms with Crippen LogP contribution in [0.4, 0.5) is 0 Å². The van der Waals surface area contributed by atoms with Gasteiger partial charge in [-0.25, -0.2) is 4.79 Å². The van der Waals surface area contributed by atoms with E-state index in [0.29, 0.717) is 11.6 Å². The molecule has 5 nitrogen and oxygen atoms in total. The second-order valence-corrected chi connectivity index (χ2v) is 8.01. The lowest BCUT2D eigenvalue weighted by atomic mass is 9.94. The minimum atomic E-state index is -0.347. The molecular weight excluding hydrogens is 364 g/mol. The Balaban J connectivity index is 1.50. The van der Waals surface area contributed by atoms with Crippen LogP contribution in [0.3, 0.4) is 0 Å². The van der Waals surface area contributed by atoms with E-state index < -0.39 is 0 Å². The second kappa shape index (κ2) is 8.37. The van der Waals surface area contributed by atoms with Crippen LogP contribution in [0, 0.1) is 0 Å². The molecule has 0 radical (unpaired) electrons. The van der Waals surface area contributed by atoms with Crippen molar-refractivity contribution in [2.24, 2.45) is 0 Å². The van der Waals surface area contributed by atoms with Gasteiger partial charge in [0, 0.05) is 31.2 Å². The van der Waals surface area contributed by atoms with Crippen LogP contribution < -0.4 is 0 Å². The van der Waals surface area contributed by atoms with Crippen LogP contribution in [0.5, 0.6) is 0 Å². The molecular formula is C24H28N2O3. The number of esters is 1. The van der Waals surface area contributed by atoms with Gasteiger partial charge in [-0.1, -0.05) is 24.3 Å². The first-order valence-electron chi connectivity index (χ1n) is 10.4. The molecule has 2 aliphatic rings. The van der Waals surface area contributed by atoms with Gasteiger partial charge >= 0.3 is 5.97 Å². The van der Waals surface area contributed by atoms with Crippen molar-refractivity contribution in [3.8, 4) is 11.1 Å². The number of ether oxygens (including phenoxy) is 1. The topological polar surface area (TPSA) is 49.9 Å². The number of benzene rings is 2. The molecule has 152 valence electrons. The molecule has 0 bridgehead atoms. The third-order valence-corrected chi connectivity index (χ3v) is 6.27. The normalized spacial score (nSPS) is 19.3. The lowest BCUT2D eigenvalue weighted by molar-refractivity contribution is 0.0600. The molecule has 2 aromatic carbocycles. The molecule has 1 fully saturated rings. The summed E-state index contributed by atoms with van der Waals surface area (Å²) < 4.78 is 4.76. The molecule has 0 spiro atoms. The number of nitrogens with zero attached hydrogens (tertiary/aromatic N) is 2. The highest BCUT2D eigenvalue weighted by Crippen LogP contribution is 2.27. The molecule has 29 heavy (non-hydrogen) atoms. The zero-order valence-corrected chi connectivity index (χ0v) is 17.2. The quantitative estimate of drug-likeness (QED) is 0.730. The number of rotatable bonds is 5. The lowest BCUT2D eigenvalue weighted by Crippen LogP contribution is -2.43. The highest BCUT2D eigenvalue weighted by atomic mass is 16.5. The Morgan fingerprint density at radius 2 is 1.83 bits per heavy atom. The van der Waals surface area contributed by atoms with Gasteiger partial charge in [-0.15, -0.1) is 0 Å². The summed E-state index contributed by atoms with van der Waals surface area (Å²) in [5, 5.41) is 0. The van der Waals surface area contributed by atoms with Crippen molar-refractivity contribution in [3.63, 3.8) is 0 Å². The first-order chi connectivity index (χ1) is 14.1. The van der Waals surface area contributed by atoms with Gasteiger partial charge in [0.2, 0.25) is 0 Å². The van der Waals surface area contributed by atoms with Crippen LogP contribution in [0.2, 0.25) is 0 Å². The first kappa shape index (κ1) is 19.6.